The molecule has 1 fully saturated rings. The van der Waals surface area contributed by atoms with Gasteiger partial charge in [0.15, 0.2) is 0 Å². The number of amides is 1. The van der Waals surface area contributed by atoms with Crippen LogP contribution in [0.25, 0.3) is 11.0 Å². The highest BCUT2D eigenvalue weighted by molar-refractivity contribution is 5.80. The summed E-state index contributed by atoms with van der Waals surface area (Å²) in [5.41, 5.74) is 2.80. The number of carboxylic acid groups (broad SMARTS) is 1. The van der Waals surface area contributed by atoms with Crippen LogP contribution in [0.4, 0.5) is 0 Å². The lowest BCUT2D eigenvalue weighted by Gasteiger charge is -2.17. The fraction of sp³-hybridized carbons (Fsp3) is 0.300. The first-order valence-corrected chi connectivity index (χ1v) is 8.94. The molecule has 0 saturated carbocycles. The SMILES string of the molecule is O=C(O)C1CN(C(=O)CCn2cnc3ccccc32)CC1c1ccncc1. The number of aliphatic carboxylic acids is 1. The van der Waals surface area contributed by atoms with Crippen LogP contribution in [0.5, 0.6) is 0 Å². The summed E-state index contributed by atoms with van der Waals surface area (Å²) >= 11 is 0. The van der Waals surface area contributed by atoms with Crippen LogP contribution in [-0.4, -0.2) is 49.5 Å². The normalized spacial score (nSPS) is 19.5. The average Bonchev–Trinajstić information content (AvgIpc) is 3.32. The van der Waals surface area contributed by atoms with Gasteiger partial charge in [0.05, 0.1) is 23.3 Å². The molecule has 7 nitrogen and oxygen atoms in total. The summed E-state index contributed by atoms with van der Waals surface area (Å²) in [6, 6.07) is 11.4. The maximum Gasteiger partial charge on any atom is 0.308 e. The summed E-state index contributed by atoms with van der Waals surface area (Å²) < 4.78 is 1.96. The number of nitrogens with zero attached hydrogens (tertiary/aromatic N) is 4. The molecule has 2 atom stereocenters. The van der Waals surface area contributed by atoms with E-state index < -0.39 is 11.9 Å². The van der Waals surface area contributed by atoms with Crippen molar-refractivity contribution < 1.29 is 14.7 Å². The molecule has 4 rings (SSSR count). The first-order chi connectivity index (χ1) is 13.1. The smallest absolute Gasteiger partial charge is 0.308 e. The lowest BCUT2D eigenvalue weighted by molar-refractivity contribution is -0.141. The van der Waals surface area contributed by atoms with Crippen molar-refractivity contribution in [2.24, 2.45) is 5.92 Å². The van der Waals surface area contributed by atoms with Crippen molar-refractivity contribution in [3.8, 4) is 0 Å². The maximum atomic E-state index is 12.7. The summed E-state index contributed by atoms with van der Waals surface area (Å²) in [5, 5.41) is 9.58. The molecule has 3 aromatic rings. The Kier molecular flexibility index (Phi) is 4.58. The van der Waals surface area contributed by atoms with Gasteiger partial charge in [0.25, 0.3) is 0 Å². The molecule has 138 valence electrons. The number of hydrogen-bond acceptors (Lipinski definition) is 4. The van der Waals surface area contributed by atoms with Crippen molar-refractivity contribution in [3.05, 3.63) is 60.7 Å². The number of fused-ring (bicyclic) bond motifs is 1. The summed E-state index contributed by atoms with van der Waals surface area (Å²) in [4.78, 5) is 34.4. The van der Waals surface area contributed by atoms with Crippen molar-refractivity contribution in [1.82, 2.24) is 19.4 Å². The lowest BCUT2D eigenvalue weighted by atomic mass is 9.90. The summed E-state index contributed by atoms with van der Waals surface area (Å²) in [5.74, 6) is -1.70. The van der Waals surface area contributed by atoms with Crippen LogP contribution in [-0.2, 0) is 16.1 Å². The number of hydrogen-bond donors (Lipinski definition) is 1. The minimum absolute atomic E-state index is 0.0319. The predicted molar refractivity (Wildman–Crippen MR) is 99.0 cm³/mol. The Morgan fingerprint density at radius 3 is 2.67 bits per heavy atom. The minimum atomic E-state index is -0.868. The number of aromatic nitrogens is 3. The lowest BCUT2D eigenvalue weighted by Crippen LogP contribution is -2.30. The number of likely N-dealkylation sites (tertiary alicyclic amines) is 1. The monoisotopic (exact) mass is 364 g/mol. The Hall–Kier alpha value is -3.22. The highest BCUT2D eigenvalue weighted by atomic mass is 16.4. The zero-order valence-electron chi connectivity index (χ0n) is 14.7. The Bertz CT molecular complexity index is 970. The molecule has 3 heterocycles. The second-order valence-corrected chi connectivity index (χ2v) is 6.81. The van der Waals surface area contributed by atoms with Crippen LogP contribution in [0, 0.1) is 5.92 Å². The number of carbonyl (C=O) groups excluding carboxylic acids is 1. The second-order valence-electron chi connectivity index (χ2n) is 6.81. The standard InChI is InChI=1S/C20H20N4O3/c25-19(7-10-23-13-22-17-3-1-2-4-18(17)23)24-11-15(16(12-24)20(26)27)14-5-8-21-9-6-14/h1-6,8-9,13,15-16H,7,10-12H2,(H,26,27). The Balaban J connectivity index is 1.45. The fourth-order valence-corrected chi connectivity index (χ4v) is 3.77. The number of rotatable bonds is 5. The highest BCUT2D eigenvalue weighted by Crippen LogP contribution is 2.33. The number of para-hydroxylation sites is 2. The van der Waals surface area contributed by atoms with E-state index in [4.69, 9.17) is 0 Å². The van der Waals surface area contributed by atoms with E-state index in [1.807, 2.05) is 41.0 Å². The number of pyridine rings is 1. The van der Waals surface area contributed by atoms with E-state index in [-0.39, 0.29) is 18.4 Å². The van der Waals surface area contributed by atoms with E-state index in [0.29, 0.717) is 19.5 Å². The molecule has 0 radical (unpaired) electrons. The van der Waals surface area contributed by atoms with E-state index in [1.165, 1.54) is 0 Å². The summed E-state index contributed by atoms with van der Waals surface area (Å²) in [6.07, 6.45) is 5.36. The molecule has 2 unspecified atom stereocenters. The second kappa shape index (κ2) is 7.19. The van der Waals surface area contributed by atoms with Crippen LogP contribution < -0.4 is 0 Å². The molecule has 1 aromatic carbocycles. The van der Waals surface area contributed by atoms with Gasteiger partial charge in [0, 0.05) is 44.4 Å². The molecule has 1 saturated heterocycles. The Labute approximate surface area is 156 Å². The molecule has 1 N–H and O–H groups in total. The molecule has 7 heteroatoms. The van der Waals surface area contributed by atoms with Crippen molar-refractivity contribution in [3.63, 3.8) is 0 Å². The number of carbonyl (C=O) groups is 2. The zero-order chi connectivity index (χ0) is 18.8. The number of aryl methyl sites for hydroxylation is 1. The van der Waals surface area contributed by atoms with E-state index in [0.717, 1.165) is 16.6 Å². The first-order valence-electron chi connectivity index (χ1n) is 8.94. The third-order valence-electron chi connectivity index (χ3n) is 5.22. The van der Waals surface area contributed by atoms with Gasteiger partial charge in [-0.05, 0) is 29.8 Å². The van der Waals surface area contributed by atoms with E-state index in [2.05, 4.69) is 9.97 Å². The van der Waals surface area contributed by atoms with Gasteiger partial charge in [-0.3, -0.25) is 14.6 Å². The quantitative estimate of drug-likeness (QED) is 0.749. The average molecular weight is 364 g/mol. The Morgan fingerprint density at radius 2 is 1.89 bits per heavy atom. The number of carboxylic acids is 1. The summed E-state index contributed by atoms with van der Waals surface area (Å²) in [7, 11) is 0. The van der Waals surface area contributed by atoms with Gasteiger partial charge < -0.3 is 14.6 Å². The molecule has 1 aliphatic rings. The van der Waals surface area contributed by atoms with E-state index >= 15 is 0 Å². The number of imidazole rings is 1. The summed E-state index contributed by atoms with van der Waals surface area (Å²) in [6.45, 7) is 1.18. The molecular weight excluding hydrogens is 344 g/mol. The van der Waals surface area contributed by atoms with Crippen molar-refractivity contribution in [2.75, 3.05) is 13.1 Å². The van der Waals surface area contributed by atoms with Crippen LogP contribution in [0.15, 0.2) is 55.1 Å². The van der Waals surface area contributed by atoms with Crippen LogP contribution in [0.2, 0.25) is 0 Å². The predicted octanol–water partition coefficient (Wildman–Crippen LogP) is 2.15. The van der Waals surface area contributed by atoms with E-state index in [1.54, 1.807) is 23.6 Å². The van der Waals surface area contributed by atoms with Gasteiger partial charge in [-0.1, -0.05) is 12.1 Å². The largest absolute Gasteiger partial charge is 0.481 e. The number of benzene rings is 1. The highest BCUT2D eigenvalue weighted by Gasteiger charge is 2.40. The molecule has 0 aliphatic carbocycles. The van der Waals surface area contributed by atoms with E-state index in [9.17, 15) is 14.7 Å². The van der Waals surface area contributed by atoms with Gasteiger partial charge in [-0.2, -0.15) is 0 Å². The van der Waals surface area contributed by atoms with Gasteiger partial charge >= 0.3 is 5.97 Å². The molecule has 1 amide bonds. The van der Waals surface area contributed by atoms with Crippen LogP contribution in [0.1, 0.15) is 17.9 Å². The molecule has 2 aromatic heterocycles. The van der Waals surface area contributed by atoms with Gasteiger partial charge in [-0.15, -0.1) is 0 Å². The third-order valence-corrected chi connectivity index (χ3v) is 5.22. The zero-order valence-corrected chi connectivity index (χ0v) is 14.7. The molecule has 0 bridgehead atoms. The van der Waals surface area contributed by atoms with Crippen molar-refractivity contribution in [1.29, 1.82) is 0 Å². The van der Waals surface area contributed by atoms with Crippen molar-refractivity contribution >= 4 is 22.9 Å². The van der Waals surface area contributed by atoms with Crippen molar-refractivity contribution in [2.45, 2.75) is 18.9 Å². The topological polar surface area (TPSA) is 88.3 Å². The van der Waals surface area contributed by atoms with Gasteiger partial charge in [0.2, 0.25) is 5.91 Å². The molecular formula is C20H20N4O3. The Morgan fingerprint density at radius 1 is 1.11 bits per heavy atom. The third kappa shape index (κ3) is 3.40. The molecule has 1 aliphatic heterocycles. The van der Waals surface area contributed by atoms with Crippen LogP contribution in [0.3, 0.4) is 0 Å². The minimum Gasteiger partial charge on any atom is -0.481 e. The fourth-order valence-electron chi connectivity index (χ4n) is 3.77. The molecule has 0 spiro atoms. The molecule has 27 heavy (non-hydrogen) atoms. The van der Waals surface area contributed by atoms with Gasteiger partial charge in [-0.25, -0.2) is 4.98 Å². The van der Waals surface area contributed by atoms with Crippen LogP contribution >= 0.6 is 0 Å². The maximum absolute atomic E-state index is 12.7. The van der Waals surface area contributed by atoms with Gasteiger partial charge in [0.1, 0.15) is 0 Å². The first kappa shape index (κ1) is 17.2.